The first-order chi connectivity index (χ1) is 13.6. The Morgan fingerprint density at radius 2 is 1.96 bits per heavy atom. The molecule has 2 heterocycles. The first kappa shape index (κ1) is 20.6. The van der Waals surface area contributed by atoms with E-state index in [4.69, 9.17) is 0 Å². The normalized spacial score (nSPS) is 14.9. The molecule has 1 aliphatic rings. The number of rotatable bonds is 7. The van der Waals surface area contributed by atoms with Crippen molar-refractivity contribution in [2.45, 2.75) is 56.4 Å². The number of unbranched alkanes of at least 4 members (excludes halogenated alkanes) is 1. The highest BCUT2D eigenvalue weighted by atomic mass is 32.2. The molecule has 1 amide bonds. The van der Waals surface area contributed by atoms with Crippen molar-refractivity contribution in [1.29, 1.82) is 0 Å². The summed E-state index contributed by atoms with van der Waals surface area (Å²) in [4.78, 5) is 15.7. The van der Waals surface area contributed by atoms with Gasteiger partial charge in [0.25, 0.3) is 0 Å². The lowest BCUT2D eigenvalue weighted by atomic mass is 9.96. The zero-order valence-corrected chi connectivity index (χ0v) is 17.9. The smallest absolute Gasteiger partial charge is 0.223 e. The van der Waals surface area contributed by atoms with E-state index in [1.807, 2.05) is 12.1 Å². The number of anilines is 1. The fraction of sp³-hybridized carbons (Fsp3) is 0.500. The summed E-state index contributed by atoms with van der Waals surface area (Å²) in [6, 6.07) is 10.5. The molecule has 5 nitrogen and oxygen atoms in total. The molecule has 0 spiro atoms. The van der Waals surface area contributed by atoms with Crippen molar-refractivity contribution in [3.05, 3.63) is 41.5 Å². The molecular weight excluding hydrogens is 368 g/mol. The lowest BCUT2D eigenvalue weighted by Gasteiger charge is -2.31. The minimum Gasteiger partial charge on any atom is -0.356 e. The molecule has 0 radical (unpaired) electrons. The maximum atomic E-state index is 12.2. The maximum Gasteiger partial charge on any atom is 0.223 e. The number of amides is 1. The summed E-state index contributed by atoms with van der Waals surface area (Å²) in [5.74, 6) is 1.23. The van der Waals surface area contributed by atoms with E-state index in [1.54, 1.807) is 11.8 Å². The quantitative estimate of drug-likeness (QED) is 0.702. The molecule has 1 saturated heterocycles. The number of carbonyl (C=O) groups is 1. The summed E-state index contributed by atoms with van der Waals surface area (Å²) in [7, 11) is 0. The van der Waals surface area contributed by atoms with Crippen LogP contribution in [0.3, 0.4) is 0 Å². The summed E-state index contributed by atoms with van der Waals surface area (Å²) >= 11 is 1.65. The third-order valence-electron chi connectivity index (χ3n) is 5.20. The average Bonchev–Trinajstić information content (AvgIpc) is 2.71. The summed E-state index contributed by atoms with van der Waals surface area (Å²) < 4.78 is 0. The second-order valence-electron chi connectivity index (χ2n) is 7.51. The van der Waals surface area contributed by atoms with E-state index in [0.717, 1.165) is 56.2 Å². The van der Waals surface area contributed by atoms with Gasteiger partial charge in [-0.3, -0.25) is 4.79 Å². The van der Waals surface area contributed by atoms with Crippen LogP contribution in [0.25, 0.3) is 0 Å². The summed E-state index contributed by atoms with van der Waals surface area (Å²) in [6.07, 6.45) is 3.90. The van der Waals surface area contributed by atoms with Gasteiger partial charge in [-0.15, -0.1) is 10.2 Å². The van der Waals surface area contributed by atoms with Gasteiger partial charge in [0, 0.05) is 30.4 Å². The van der Waals surface area contributed by atoms with Crippen LogP contribution in [0, 0.1) is 19.8 Å². The number of aryl methyl sites for hydroxylation is 2. The topological polar surface area (TPSA) is 58.1 Å². The van der Waals surface area contributed by atoms with E-state index in [0.29, 0.717) is 0 Å². The Hall–Kier alpha value is -2.08. The fourth-order valence-electron chi connectivity index (χ4n) is 3.37. The van der Waals surface area contributed by atoms with Crippen LogP contribution in [0.2, 0.25) is 0 Å². The van der Waals surface area contributed by atoms with Crippen LogP contribution in [0.5, 0.6) is 0 Å². The van der Waals surface area contributed by atoms with Crippen molar-refractivity contribution < 1.29 is 4.79 Å². The number of piperidine rings is 1. The minimum atomic E-state index is 0.125. The van der Waals surface area contributed by atoms with E-state index in [9.17, 15) is 4.79 Å². The number of hydrogen-bond acceptors (Lipinski definition) is 5. The molecule has 150 valence electrons. The van der Waals surface area contributed by atoms with Gasteiger partial charge >= 0.3 is 0 Å². The third-order valence-corrected chi connectivity index (χ3v) is 6.29. The fourth-order valence-corrected chi connectivity index (χ4v) is 4.29. The highest BCUT2D eigenvalue weighted by Crippen LogP contribution is 2.30. The number of benzene rings is 1. The molecule has 1 N–H and O–H groups in total. The van der Waals surface area contributed by atoms with Crippen molar-refractivity contribution in [2.24, 2.45) is 5.92 Å². The molecule has 0 saturated carbocycles. The minimum absolute atomic E-state index is 0.125. The van der Waals surface area contributed by atoms with Gasteiger partial charge in [-0.25, -0.2) is 0 Å². The molecule has 0 bridgehead atoms. The van der Waals surface area contributed by atoms with E-state index < -0.39 is 0 Å². The van der Waals surface area contributed by atoms with E-state index in [-0.39, 0.29) is 11.8 Å². The zero-order valence-electron chi connectivity index (χ0n) is 17.1. The molecule has 28 heavy (non-hydrogen) atoms. The second kappa shape index (κ2) is 9.92. The molecule has 0 atom stereocenters. The van der Waals surface area contributed by atoms with Gasteiger partial charge in [-0.05, 0) is 62.4 Å². The predicted octanol–water partition coefficient (Wildman–Crippen LogP) is 4.38. The number of hydrogen-bond donors (Lipinski definition) is 1. The Morgan fingerprint density at radius 3 is 2.64 bits per heavy atom. The van der Waals surface area contributed by atoms with Crippen LogP contribution in [-0.2, 0) is 4.79 Å². The largest absolute Gasteiger partial charge is 0.356 e. The van der Waals surface area contributed by atoms with Crippen LogP contribution in [-0.4, -0.2) is 35.7 Å². The Morgan fingerprint density at radius 1 is 1.18 bits per heavy atom. The average molecular weight is 399 g/mol. The highest BCUT2D eigenvalue weighted by Gasteiger charge is 2.25. The summed E-state index contributed by atoms with van der Waals surface area (Å²) in [5.41, 5.74) is 2.50. The molecule has 6 heteroatoms. The SMILES string of the molecule is CCCCNC(=O)C1CCN(c2ccc(Sc3cc(C)ccc3C)nn2)CC1. The van der Waals surface area contributed by atoms with Crippen molar-refractivity contribution in [3.63, 3.8) is 0 Å². The Labute approximate surface area is 172 Å². The van der Waals surface area contributed by atoms with Crippen molar-refractivity contribution >= 4 is 23.5 Å². The lowest BCUT2D eigenvalue weighted by molar-refractivity contribution is -0.125. The third kappa shape index (κ3) is 5.47. The van der Waals surface area contributed by atoms with Crippen molar-refractivity contribution in [3.8, 4) is 0 Å². The van der Waals surface area contributed by atoms with E-state index in [2.05, 4.69) is 59.4 Å². The standard InChI is InChI=1S/C22H30N4OS/c1-4-5-12-23-22(27)18-10-13-26(14-11-18)20-8-9-21(25-24-20)28-19-15-16(2)6-7-17(19)3/h6-9,15,18H,4-5,10-14H2,1-3H3,(H,23,27). The van der Waals surface area contributed by atoms with Crippen LogP contribution in [0.15, 0.2) is 40.3 Å². The summed E-state index contributed by atoms with van der Waals surface area (Å²) in [5, 5.41) is 12.8. The zero-order chi connectivity index (χ0) is 19.9. The Bertz CT molecular complexity index is 786. The van der Waals surface area contributed by atoms with Gasteiger partial charge in [-0.1, -0.05) is 37.2 Å². The molecule has 1 aromatic heterocycles. The monoisotopic (exact) mass is 398 g/mol. The predicted molar refractivity (Wildman–Crippen MR) is 115 cm³/mol. The summed E-state index contributed by atoms with van der Waals surface area (Å²) in [6.45, 7) is 8.85. The van der Waals surface area contributed by atoms with Crippen LogP contribution in [0.4, 0.5) is 5.82 Å². The Kier molecular flexibility index (Phi) is 7.31. The molecule has 1 aromatic carbocycles. The van der Waals surface area contributed by atoms with E-state index >= 15 is 0 Å². The van der Waals surface area contributed by atoms with Gasteiger partial charge in [0.1, 0.15) is 5.03 Å². The van der Waals surface area contributed by atoms with Crippen LogP contribution < -0.4 is 10.2 Å². The van der Waals surface area contributed by atoms with E-state index in [1.165, 1.54) is 16.0 Å². The van der Waals surface area contributed by atoms with Crippen LogP contribution >= 0.6 is 11.8 Å². The van der Waals surface area contributed by atoms with Gasteiger partial charge in [0.15, 0.2) is 5.82 Å². The van der Waals surface area contributed by atoms with Crippen molar-refractivity contribution in [1.82, 2.24) is 15.5 Å². The first-order valence-corrected chi connectivity index (χ1v) is 11.0. The van der Waals surface area contributed by atoms with Gasteiger partial charge in [-0.2, -0.15) is 0 Å². The van der Waals surface area contributed by atoms with Gasteiger partial charge in [0.2, 0.25) is 5.91 Å². The molecule has 0 aliphatic carbocycles. The molecular formula is C22H30N4OS. The second-order valence-corrected chi connectivity index (χ2v) is 8.57. The maximum absolute atomic E-state index is 12.2. The molecule has 1 fully saturated rings. The molecule has 1 aliphatic heterocycles. The Balaban J connectivity index is 1.53. The first-order valence-electron chi connectivity index (χ1n) is 10.2. The lowest BCUT2D eigenvalue weighted by Crippen LogP contribution is -2.41. The molecule has 2 aromatic rings. The highest BCUT2D eigenvalue weighted by molar-refractivity contribution is 7.99. The van der Waals surface area contributed by atoms with Gasteiger partial charge in [0.05, 0.1) is 0 Å². The molecule has 3 rings (SSSR count). The number of carbonyl (C=O) groups excluding carboxylic acids is 1. The van der Waals surface area contributed by atoms with Gasteiger partial charge < -0.3 is 10.2 Å². The number of aromatic nitrogens is 2. The molecule has 0 unspecified atom stereocenters. The van der Waals surface area contributed by atoms with Crippen LogP contribution in [0.1, 0.15) is 43.7 Å². The number of nitrogens with one attached hydrogen (secondary N) is 1. The van der Waals surface area contributed by atoms with Crippen molar-refractivity contribution in [2.75, 3.05) is 24.5 Å². The number of nitrogens with zero attached hydrogens (tertiary/aromatic N) is 3.